The summed E-state index contributed by atoms with van der Waals surface area (Å²) in [6.45, 7) is 3.05. The molecule has 51 heavy (non-hydrogen) atoms. The fourth-order valence-corrected chi connectivity index (χ4v) is 6.30. The fourth-order valence-electron chi connectivity index (χ4n) is 6.05. The highest BCUT2D eigenvalue weighted by Gasteiger charge is 2.36. The van der Waals surface area contributed by atoms with Gasteiger partial charge in [0.1, 0.15) is 35.4 Å². The normalized spacial score (nSPS) is 13.9. The number of alkyl halides is 1. The predicted molar refractivity (Wildman–Crippen MR) is 193 cm³/mol. The Labute approximate surface area is 299 Å². The summed E-state index contributed by atoms with van der Waals surface area (Å²) in [6, 6.07) is 17.2. The van der Waals surface area contributed by atoms with Crippen molar-refractivity contribution in [2.75, 3.05) is 82.6 Å². The molecule has 268 valence electrons. The number of hydrogen-bond donors (Lipinski definition) is 4. The summed E-state index contributed by atoms with van der Waals surface area (Å²) in [5.41, 5.74) is 2.80. The number of nitrogens with one attached hydrogen (secondary N) is 2. The van der Waals surface area contributed by atoms with E-state index in [-0.39, 0.29) is 36.0 Å². The number of phenolic OH excluding ortho intramolecular Hbond substituents is 1. The SMILES string of the molecule is COc1cccc2c(O)cc3c(c12)[C@H](CCl)CN3C(=O)c1cc2cc(NC(=O)c3ccc(OCCOCCOCCOCCO)cc3)ncc2[nH]1. The lowest BCUT2D eigenvalue weighted by atomic mass is 9.94. The van der Waals surface area contributed by atoms with Gasteiger partial charge in [-0.05, 0) is 48.0 Å². The topological polar surface area (TPSA) is 165 Å². The van der Waals surface area contributed by atoms with E-state index in [9.17, 15) is 14.7 Å². The summed E-state index contributed by atoms with van der Waals surface area (Å²) in [4.78, 5) is 36.0. The van der Waals surface area contributed by atoms with Crippen LogP contribution in [-0.2, 0) is 14.2 Å². The molecular formula is C37H39ClN4O9. The van der Waals surface area contributed by atoms with Gasteiger partial charge >= 0.3 is 0 Å². The molecule has 13 nitrogen and oxygen atoms in total. The first-order chi connectivity index (χ1) is 24.9. The van der Waals surface area contributed by atoms with Gasteiger partial charge in [0.15, 0.2) is 0 Å². The summed E-state index contributed by atoms with van der Waals surface area (Å²) < 4.78 is 27.3. The first kappa shape index (κ1) is 35.9. The zero-order chi connectivity index (χ0) is 35.7. The van der Waals surface area contributed by atoms with Crippen molar-refractivity contribution >= 4 is 56.6 Å². The number of anilines is 2. The number of H-pyrrole nitrogens is 1. The summed E-state index contributed by atoms with van der Waals surface area (Å²) in [6.07, 6.45) is 1.56. The van der Waals surface area contributed by atoms with Crippen molar-refractivity contribution in [3.63, 3.8) is 0 Å². The van der Waals surface area contributed by atoms with Gasteiger partial charge in [-0.15, -0.1) is 11.6 Å². The number of rotatable bonds is 17. The Morgan fingerprint density at radius 3 is 2.41 bits per heavy atom. The maximum atomic E-state index is 13.9. The van der Waals surface area contributed by atoms with Crippen molar-refractivity contribution in [1.82, 2.24) is 9.97 Å². The molecule has 1 aliphatic rings. The van der Waals surface area contributed by atoms with Gasteiger partial charge in [-0.1, -0.05) is 12.1 Å². The smallest absolute Gasteiger partial charge is 0.274 e. The number of phenols is 1. The van der Waals surface area contributed by atoms with Crippen LogP contribution in [0.25, 0.3) is 21.7 Å². The quantitative estimate of drug-likeness (QED) is 0.0752. The number of pyridine rings is 1. The van der Waals surface area contributed by atoms with E-state index in [4.69, 9.17) is 40.4 Å². The van der Waals surface area contributed by atoms with E-state index in [0.29, 0.717) is 103 Å². The lowest BCUT2D eigenvalue weighted by Crippen LogP contribution is -2.30. The molecule has 2 amide bonds. The molecule has 4 N–H and O–H groups in total. The number of halogens is 1. The number of aliphatic hydroxyl groups excluding tert-OH is 1. The van der Waals surface area contributed by atoms with E-state index in [2.05, 4.69) is 15.3 Å². The van der Waals surface area contributed by atoms with Gasteiger partial charge in [0.2, 0.25) is 0 Å². The van der Waals surface area contributed by atoms with Gasteiger partial charge in [-0.2, -0.15) is 0 Å². The Hall–Kier alpha value is -4.92. The highest BCUT2D eigenvalue weighted by atomic mass is 35.5. The number of methoxy groups -OCH3 is 1. The van der Waals surface area contributed by atoms with Gasteiger partial charge in [-0.25, -0.2) is 4.98 Å². The average Bonchev–Trinajstić information content (AvgIpc) is 3.75. The third-order valence-corrected chi connectivity index (χ3v) is 8.82. The number of aromatic amines is 1. The number of hydrogen-bond acceptors (Lipinski definition) is 10. The van der Waals surface area contributed by atoms with Crippen molar-refractivity contribution in [2.24, 2.45) is 0 Å². The van der Waals surface area contributed by atoms with Crippen LogP contribution >= 0.6 is 11.6 Å². The van der Waals surface area contributed by atoms with Crippen molar-refractivity contribution < 1.29 is 43.5 Å². The second kappa shape index (κ2) is 16.9. The Morgan fingerprint density at radius 1 is 0.980 bits per heavy atom. The standard InChI is InChI=1S/C37H39ClN4O9/c1-47-32-4-2-3-27-31(44)19-30-34(35(27)32)25(20-38)22-42(30)37(46)28-17-24-18-33(39-21-29(24)40-28)41-36(45)23-5-7-26(8-6-23)51-16-15-50-14-13-49-12-11-48-10-9-43/h2-8,17-19,21,25,40,43-44H,9-16,20,22H2,1H3,(H,39,41,45)/t25-/m1/s1. The molecular weight excluding hydrogens is 680 g/mol. The number of benzene rings is 3. The van der Waals surface area contributed by atoms with Gasteiger partial charge in [0, 0.05) is 46.1 Å². The number of ether oxygens (including phenoxy) is 5. The van der Waals surface area contributed by atoms with Crippen molar-refractivity contribution in [2.45, 2.75) is 5.92 Å². The molecule has 0 radical (unpaired) electrons. The minimum atomic E-state index is -0.353. The average molecular weight is 719 g/mol. The maximum absolute atomic E-state index is 13.9. The Balaban J connectivity index is 1.05. The van der Waals surface area contributed by atoms with Crippen molar-refractivity contribution in [3.8, 4) is 17.2 Å². The summed E-state index contributed by atoms with van der Waals surface area (Å²) in [5.74, 6) is 1.02. The van der Waals surface area contributed by atoms with Gasteiger partial charge < -0.3 is 49.1 Å². The molecule has 3 heterocycles. The third kappa shape index (κ3) is 8.19. The molecule has 0 unspecified atom stereocenters. The lowest BCUT2D eigenvalue weighted by Gasteiger charge is -2.18. The number of nitrogens with zero attached hydrogens (tertiary/aromatic N) is 2. The molecule has 0 aliphatic carbocycles. The van der Waals surface area contributed by atoms with Gasteiger partial charge in [0.25, 0.3) is 11.8 Å². The first-order valence-electron chi connectivity index (χ1n) is 16.5. The summed E-state index contributed by atoms with van der Waals surface area (Å²) in [5, 5.41) is 24.4. The van der Waals surface area contributed by atoms with Crippen LogP contribution in [0.3, 0.4) is 0 Å². The van der Waals surface area contributed by atoms with Crippen molar-refractivity contribution in [3.05, 3.63) is 83.7 Å². The molecule has 0 fully saturated rings. The zero-order valence-corrected chi connectivity index (χ0v) is 28.8. The molecule has 3 aromatic carbocycles. The van der Waals surface area contributed by atoms with Crippen LogP contribution in [0.5, 0.6) is 17.2 Å². The van der Waals surface area contributed by atoms with E-state index in [1.807, 2.05) is 18.2 Å². The van der Waals surface area contributed by atoms with Crippen LogP contribution in [0.4, 0.5) is 11.5 Å². The Bertz CT molecular complexity index is 1990. The van der Waals surface area contributed by atoms with E-state index < -0.39 is 0 Å². The molecule has 1 aliphatic heterocycles. The molecule has 0 bridgehead atoms. The monoisotopic (exact) mass is 718 g/mol. The minimum Gasteiger partial charge on any atom is -0.507 e. The van der Waals surface area contributed by atoms with Crippen molar-refractivity contribution in [1.29, 1.82) is 0 Å². The number of amides is 2. The second-order valence-corrected chi connectivity index (χ2v) is 12.0. The highest BCUT2D eigenvalue weighted by molar-refractivity contribution is 6.19. The van der Waals surface area contributed by atoms with Crippen LogP contribution in [0.2, 0.25) is 0 Å². The lowest BCUT2D eigenvalue weighted by molar-refractivity contribution is 0.00361. The largest absolute Gasteiger partial charge is 0.507 e. The molecule has 0 spiro atoms. The molecule has 0 saturated carbocycles. The number of aromatic hydroxyl groups is 1. The second-order valence-electron chi connectivity index (χ2n) is 11.7. The number of carbonyl (C=O) groups is 2. The van der Waals surface area contributed by atoms with Crippen LogP contribution in [0.15, 0.2) is 66.9 Å². The Kier molecular flexibility index (Phi) is 11.9. The number of aromatic nitrogens is 2. The van der Waals surface area contributed by atoms with Crippen LogP contribution < -0.4 is 19.7 Å². The highest BCUT2D eigenvalue weighted by Crippen LogP contribution is 2.48. The number of aliphatic hydroxyl groups is 1. The van der Waals surface area contributed by atoms with E-state index >= 15 is 0 Å². The first-order valence-corrected chi connectivity index (χ1v) is 17.0. The van der Waals surface area contributed by atoms with E-state index in [0.717, 1.165) is 10.9 Å². The van der Waals surface area contributed by atoms with Crippen LogP contribution in [-0.4, -0.2) is 104 Å². The van der Waals surface area contributed by atoms with Gasteiger partial charge in [-0.3, -0.25) is 9.59 Å². The van der Waals surface area contributed by atoms with Crippen LogP contribution in [0, 0.1) is 0 Å². The number of carbonyl (C=O) groups excluding carboxylic acids is 2. The third-order valence-electron chi connectivity index (χ3n) is 8.44. The summed E-state index contributed by atoms with van der Waals surface area (Å²) >= 11 is 6.41. The molecule has 2 aromatic heterocycles. The van der Waals surface area contributed by atoms with Crippen LogP contribution in [0.1, 0.15) is 32.3 Å². The molecule has 1 atom stereocenters. The van der Waals surface area contributed by atoms with Gasteiger partial charge in [0.05, 0.1) is 70.8 Å². The number of fused-ring (bicyclic) bond motifs is 4. The van der Waals surface area contributed by atoms with E-state index in [1.54, 1.807) is 60.7 Å². The molecule has 5 aromatic rings. The molecule has 14 heteroatoms. The molecule has 0 saturated heterocycles. The Morgan fingerprint density at radius 2 is 1.71 bits per heavy atom. The predicted octanol–water partition coefficient (Wildman–Crippen LogP) is 5.09. The van der Waals surface area contributed by atoms with E-state index in [1.165, 1.54) is 0 Å². The fraction of sp³-hybridized carbons (Fsp3) is 0.324. The minimum absolute atomic E-state index is 0.00821. The molecule has 6 rings (SSSR count). The summed E-state index contributed by atoms with van der Waals surface area (Å²) in [7, 11) is 1.57. The zero-order valence-electron chi connectivity index (χ0n) is 28.0. The maximum Gasteiger partial charge on any atom is 0.274 e.